The number of hydrogen-bond donors (Lipinski definition) is 0. The van der Waals surface area contributed by atoms with Gasteiger partial charge in [0.1, 0.15) is 5.69 Å². The van der Waals surface area contributed by atoms with E-state index in [2.05, 4.69) is 26.1 Å². The second-order valence-corrected chi connectivity index (χ2v) is 7.58. The van der Waals surface area contributed by atoms with Gasteiger partial charge in [-0.05, 0) is 29.8 Å². The summed E-state index contributed by atoms with van der Waals surface area (Å²) >= 11 is 0. The van der Waals surface area contributed by atoms with Crippen molar-refractivity contribution < 1.29 is 0 Å². The van der Waals surface area contributed by atoms with Crippen LogP contribution in [-0.4, -0.2) is 45.1 Å². The quantitative estimate of drug-likeness (QED) is 0.306. The Kier molecular flexibility index (Phi) is 8.57. The average molecular weight is 466 g/mol. The molecular formula is C27H27N7O. The Morgan fingerprint density at radius 3 is 2.37 bits per heavy atom. The first-order chi connectivity index (χ1) is 17.0. The molecule has 0 atom stereocenters. The Balaban J connectivity index is 0.00000167. The number of benzene rings is 2. The Morgan fingerprint density at radius 2 is 1.71 bits per heavy atom. The molecule has 0 N–H and O–H groups in total. The lowest BCUT2D eigenvalue weighted by Gasteiger charge is -2.09. The second kappa shape index (κ2) is 12.0. The van der Waals surface area contributed by atoms with E-state index in [0.717, 1.165) is 16.7 Å². The van der Waals surface area contributed by atoms with Crippen LogP contribution in [0.5, 0.6) is 0 Å². The van der Waals surface area contributed by atoms with E-state index < -0.39 is 0 Å². The molecule has 0 fully saturated rings. The molecular weight excluding hydrogens is 438 g/mol. The van der Waals surface area contributed by atoms with Crippen molar-refractivity contribution in [3.05, 3.63) is 94.5 Å². The molecule has 2 aromatic carbocycles. The van der Waals surface area contributed by atoms with Crippen LogP contribution >= 0.6 is 0 Å². The van der Waals surface area contributed by atoms with Gasteiger partial charge in [0.15, 0.2) is 5.82 Å². The van der Waals surface area contributed by atoms with Gasteiger partial charge in [-0.3, -0.25) is 4.79 Å². The summed E-state index contributed by atoms with van der Waals surface area (Å²) < 4.78 is 1.42. The van der Waals surface area contributed by atoms with Gasteiger partial charge in [0.25, 0.3) is 5.56 Å². The Hall–Kier alpha value is -4.64. The minimum atomic E-state index is -0.197. The third-order valence-corrected chi connectivity index (χ3v) is 4.77. The SMILES string of the molecule is CC.CN(C)C=Nc1cnc(-c2cccc(Cn3nc(-c4ccc(C#N)cc4)ccc3=O)c2)nc1. The van der Waals surface area contributed by atoms with E-state index in [9.17, 15) is 4.79 Å². The van der Waals surface area contributed by atoms with E-state index >= 15 is 0 Å². The first-order valence-corrected chi connectivity index (χ1v) is 11.2. The minimum Gasteiger partial charge on any atom is -0.369 e. The summed E-state index contributed by atoms with van der Waals surface area (Å²) in [6.45, 7) is 4.31. The summed E-state index contributed by atoms with van der Waals surface area (Å²) in [7, 11) is 3.79. The zero-order chi connectivity index (χ0) is 25.2. The van der Waals surface area contributed by atoms with Crippen LogP contribution in [0.1, 0.15) is 25.0 Å². The Bertz CT molecular complexity index is 1380. The van der Waals surface area contributed by atoms with Crippen molar-refractivity contribution in [3.8, 4) is 28.7 Å². The predicted molar refractivity (Wildman–Crippen MR) is 138 cm³/mol. The highest BCUT2D eigenvalue weighted by Gasteiger charge is 2.07. The van der Waals surface area contributed by atoms with Crippen LogP contribution in [-0.2, 0) is 6.54 Å². The van der Waals surface area contributed by atoms with Gasteiger partial charge in [0, 0.05) is 31.3 Å². The number of rotatable bonds is 6. The molecule has 0 aliphatic carbocycles. The van der Waals surface area contributed by atoms with E-state index in [1.807, 2.05) is 69.2 Å². The zero-order valence-electron chi connectivity index (χ0n) is 20.3. The molecule has 8 nitrogen and oxygen atoms in total. The van der Waals surface area contributed by atoms with Crippen LogP contribution in [0, 0.1) is 11.3 Å². The summed E-state index contributed by atoms with van der Waals surface area (Å²) in [6, 6.07) is 20.1. The molecule has 0 bridgehead atoms. The molecule has 0 unspecified atom stereocenters. The monoisotopic (exact) mass is 465 g/mol. The van der Waals surface area contributed by atoms with Gasteiger partial charge in [-0.25, -0.2) is 19.6 Å². The van der Waals surface area contributed by atoms with Gasteiger partial charge >= 0.3 is 0 Å². The molecule has 35 heavy (non-hydrogen) atoms. The van der Waals surface area contributed by atoms with Crippen LogP contribution in [0.2, 0.25) is 0 Å². The lowest BCUT2D eigenvalue weighted by Crippen LogP contribution is -2.22. The predicted octanol–water partition coefficient (Wildman–Crippen LogP) is 4.53. The molecule has 2 aromatic heterocycles. The molecule has 2 heterocycles. The fourth-order valence-corrected chi connectivity index (χ4v) is 3.13. The topological polar surface area (TPSA) is 100 Å². The average Bonchev–Trinajstić information content (AvgIpc) is 2.90. The van der Waals surface area contributed by atoms with Crippen LogP contribution < -0.4 is 5.56 Å². The lowest BCUT2D eigenvalue weighted by molar-refractivity contribution is 0.643. The fourth-order valence-electron chi connectivity index (χ4n) is 3.13. The normalized spacial score (nSPS) is 10.4. The Labute approximate surface area is 204 Å². The van der Waals surface area contributed by atoms with Crippen molar-refractivity contribution in [1.82, 2.24) is 24.6 Å². The largest absolute Gasteiger partial charge is 0.369 e. The van der Waals surface area contributed by atoms with Crippen LogP contribution in [0.3, 0.4) is 0 Å². The van der Waals surface area contributed by atoms with Crippen molar-refractivity contribution in [2.24, 2.45) is 4.99 Å². The maximum Gasteiger partial charge on any atom is 0.267 e. The summed E-state index contributed by atoms with van der Waals surface area (Å²) in [6.07, 6.45) is 5.03. The van der Waals surface area contributed by atoms with Crippen LogP contribution in [0.25, 0.3) is 22.6 Å². The van der Waals surface area contributed by atoms with E-state index in [1.54, 1.807) is 36.9 Å². The minimum absolute atomic E-state index is 0.197. The van der Waals surface area contributed by atoms with Crippen molar-refractivity contribution in [1.29, 1.82) is 5.26 Å². The number of aromatic nitrogens is 4. The molecule has 4 rings (SSSR count). The second-order valence-electron chi connectivity index (χ2n) is 7.58. The molecule has 0 radical (unpaired) electrons. The molecule has 176 valence electrons. The fraction of sp³-hybridized carbons (Fsp3) is 0.185. The van der Waals surface area contributed by atoms with Gasteiger partial charge < -0.3 is 4.90 Å². The van der Waals surface area contributed by atoms with Gasteiger partial charge in [-0.2, -0.15) is 10.4 Å². The summed E-state index contributed by atoms with van der Waals surface area (Å²) in [4.78, 5) is 27.4. The molecule has 0 saturated carbocycles. The highest BCUT2D eigenvalue weighted by atomic mass is 16.1. The van der Waals surface area contributed by atoms with E-state index in [4.69, 9.17) is 5.26 Å². The molecule has 0 aliphatic rings. The summed E-state index contributed by atoms with van der Waals surface area (Å²) in [5.41, 5.74) is 4.28. The zero-order valence-corrected chi connectivity index (χ0v) is 20.3. The number of nitriles is 1. The summed E-state index contributed by atoms with van der Waals surface area (Å²) in [5.74, 6) is 0.576. The van der Waals surface area contributed by atoms with E-state index in [-0.39, 0.29) is 5.56 Å². The van der Waals surface area contributed by atoms with Gasteiger partial charge in [-0.15, -0.1) is 0 Å². The van der Waals surface area contributed by atoms with E-state index in [1.165, 1.54) is 10.7 Å². The van der Waals surface area contributed by atoms with Crippen LogP contribution in [0.4, 0.5) is 5.69 Å². The first kappa shape index (κ1) is 25.0. The van der Waals surface area contributed by atoms with Crippen molar-refractivity contribution in [3.63, 3.8) is 0 Å². The van der Waals surface area contributed by atoms with Crippen LogP contribution in [0.15, 0.2) is 82.8 Å². The van der Waals surface area contributed by atoms with Gasteiger partial charge in [0.2, 0.25) is 0 Å². The maximum atomic E-state index is 12.4. The standard InChI is InChI=1S/C25H21N7O.C2H6/c1-31(2)17-29-22-14-27-25(28-15-22)21-5-3-4-19(12-21)16-32-24(33)11-10-23(30-32)20-8-6-18(13-26)7-9-20;1-2/h3-12,14-15,17H,16H2,1-2H3;1-2H3. The van der Waals surface area contributed by atoms with Gasteiger partial charge in [-0.1, -0.05) is 44.2 Å². The number of aliphatic imine (C=N–C) groups is 1. The maximum absolute atomic E-state index is 12.4. The highest BCUT2D eigenvalue weighted by molar-refractivity contribution is 5.62. The molecule has 8 heteroatoms. The third kappa shape index (κ3) is 6.68. The smallest absolute Gasteiger partial charge is 0.267 e. The molecule has 0 spiro atoms. The van der Waals surface area contributed by atoms with Crippen molar-refractivity contribution in [2.45, 2.75) is 20.4 Å². The highest BCUT2D eigenvalue weighted by Crippen LogP contribution is 2.19. The lowest BCUT2D eigenvalue weighted by atomic mass is 10.1. The molecule has 4 aromatic rings. The first-order valence-electron chi connectivity index (χ1n) is 11.2. The summed E-state index contributed by atoms with van der Waals surface area (Å²) in [5, 5.41) is 13.5. The van der Waals surface area contributed by atoms with Crippen molar-refractivity contribution >= 4 is 12.0 Å². The molecule has 0 aliphatic heterocycles. The molecule has 0 saturated heterocycles. The van der Waals surface area contributed by atoms with Crippen molar-refractivity contribution in [2.75, 3.05) is 14.1 Å². The molecule has 0 amide bonds. The third-order valence-electron chi connectivity index (χ3n) is 4.77. The van der Waals surface area contributed by atoms with E-state index in [0.29, 0.717) is 29.3 Å². The number of hydrogen-bond acceptors (Lipinski definition) is 6. The Morgan fingerprint density at radius 1 is 1.00 bits per heavy atom. The number of nitrogens with zero attached hydrogens (tertiary/aromatic N) is 7. The van der Waals surface area contributed by atoms with Gasteiger partial charge in [0.05, 0.1) is 42.6 Å².